The zero-order chi connectivity index (χ0) is 23.8. The van der Waals surface area contributed by atoms with Gasteiger partial charge in [0.2, 0.25) is 11.8 Å². The van der Waals surface area contributed by atoms with Crippen LogP contribution in [0.4, 0.5) is 5.95 Å². The fourth-order valence-electron chi connectivity index (χ4n) is 4.94. The Morgan fingerprint density at radius 1 is 1.17 bits per heavy atom. The SMILES string of the molecule is C=NC[C@@H]1C[C@@H]1COc1nc(C(=O)N2CCC2)nc(N2CCC(c3[nH]nc4ncccc34)CC2)n1. The fourth-order valence-corrected chi connectivity index (χ4v) is 4.94. The normalized spacial score (nSPS) is 22.2. The molecule has 0 spiro atoms. The van der Waals surface area contributed by atoms with Gasteiger partial charge >= 0.3 is 6.01 Å². The van der Waals surface area contributed by atoms with Crippen LogP contribution in [0.2, 0.25) is 0 Å². The summed E-state index contributed by atoms with van der Waals surface area (Å²) in [6.45, 7) is 7.87. The first-order valence-electron chi connectivity index (χ1n) is 12.3. The lowest BCUT2D eigenvalue weighted by atomic mass is 9.92. The standard InChI is InChI=1S/C24H29N9O2/c1-25-13-16-12-17(16)14-35-24-28-21(22(34)32-8-3-9-32)27-23(29-24)33-10-5-15(6-11-33)19-18-4-2-7-26-20(18)31-30-19/h2,4,7,15-17H,1,3,5-6,8-14H2,(H,26,30,31)/t16-,17+/m0/s1. The van der Waals surface area contributed by atoms with Crippen molar-refractivity contribution in [1.82, 2.24) is 35.0 Å². The molecule has 3 aliphatic rings. The van der Waals surface area contributed by atoms with Crippen LogP contribution in [-0.4, -0.2) is 87.0 Å². The Hall–Kier alpha value is -3.63. The Balaban J connectivity index is 1.18. The van der Waals surface area contributed by atoms with Crippen molar-refractivity contribution >= 4 is 29.6 Å². The molecule has 3 fully saturated rings. The predicted octanol–water partition coefficient (Wildman–Crippen LogP) is 2.09. The predicted molar refractivity (Wildman–Crippen MR) is 130 cm³/mol. The maximum Gasteiger partial charge on any atom is 0.321 e. The number of likely N-dealkylation sites (tertiary alicyclic amines) is 1. The molecule has 182 valence electrons. The van der Waals surface area contributed by atoms with Gasteiger partial charge < -0.3 is 19.5 Å². The number of nitrogens with one attached hydrogen (secondary N) is 1. The molecule has 0 unspecified atom stereocenters. The van der Waals surface area contributed by atoms with E-state index in [-0.39, 0.29) is 17.7 Å². The summed E-state index contributed by atoms with van der Waals surface area (Å²) in [5.74, 6) is 1.82. The number of carbonyl (C=O) groups excluding carboxylic acids is 1. The van der Waals surface area contributed by atoms with Crippen LogP contribution in [0.25, 0.3) is 11.0 Å². The number of anilines is 1. The number of carbonyl (C=O) groups is 1. The molecule has 1 aliphatic carbocycles. The van der Waals surface area contributed by atoms with Crippen LogP contribution in [0.1, 0.15) is 47.9 Å². The summed E-state index contributed by atoms with van der Waals surface area (Å²) >= 11 is 0. The molecular weight excluding hydrogens is 446 g/mol. The molecule has 11 heteroatoms. The molecule has 0 aromatic carbocycles. The van der Waals surface area contributed by atoms with Crippen LogP contribution in [0.5, 0.6) is 6.01 Å². The second-order valence-electron chi connectivity index (χ2n) is 9.63. The summed E-state index contributed by atoms with van der Waals surface area (Å²) in [7, 11) is 0. The third-order valence-electron chi connectivity index (χ3n) is 7.34. The molecule has 3 aromatic heterocycles. The largest absolute Gasteiger partial charge is 0.463 e. The highest BCUT2D eigenvalue weighted by atomic mass is 16.5. The zero-order valence-electron chi connectivity index (χ0n) is 19.6. The van der Waals surface area contributed by atoms with Gasteiger partial charge in [0.15, 0.2) is 5.65 Å². The van der Waals surface area contributed by atoms with E-state index in [4.69, 9.17) is 4.74 Å². The number of amides is 1. The molecule has 35 heavy (non-hydrogen) atoms. The minimum Gasteiger partial charge on any atom is -0.463 e. The Bertz CT molecular complexity index is 1230. The molecule has 6 rings (SSSR count). The molecule has 1 amide bonds. The minimum atomic E-state index is -0.156. The van der Waals surface area contributed by atoms with E-state index in [1.165, 1.54) is 0 Å². The van der Waals surface area contributed by atoms with Crippen molar-refractivity contribution in [2.75, 3.05) is 44.2 Å². The third kappa shape index (κ3) is 4.42. The minimum absolute atomic E-state index is 0.156. The molecule has 1 N–H and O–H groups in total. The van der Waals surface area contributed by atoms with Crippen LogP contribution in [0, 0.1) is 11.8 Å². The lowest BCUT2D eigenvalue weighted by Gasteiger charge is -2.32. The summed E-state index contributed by atoms with van der Waals surface area (Å²) in [5, 5.41) is 8.62. The van der Waals surface area contributed by atoms with Gasteiger partial charge in [-0.25, -0.2) is 4.98 Å². The Morgan fingerprint density at radius 2 is 2.03 bits per heavy atom. The Kier molecular flexibility index (Phi) is 5.75. The van der Waals surface area contributed by atoms with E-state index >= 15 is 0 Å². The summed E-state index contributed by atoms with van der Waals surface area (Å²) in [5.41, 5.74) is 1.88. The molecule has 1 saturated carbocycles. The number of H-pyrrole nitrogens is 1. The topological polar surface area (TPSA) is 125 Å². The first kappa shape index (κ1) is 21.9. The first-order chi connectivity index (χ1) is 17.2. The second-order valence-corrected chi connectivity index (χ2v) is 9.63. The van der Waals surface area contributed by atoms with Crippen molar-refractivity contribution < 1.29 is 9.53 Å². The summed E-state index contributed by atoms with van der Waals surface area (Å²) < 4.78 is 5.95. The monoisotopic (exact) mass is 475 g/mol. The quantitative estimate of drug-likeness (QED) is 0.491. The number of aliphatic imine (C=N–C) groups is 1. The Morgan fingerprint density at radius 3 is 2.80 bits per heavy atom. The number of nitrogens with zero attached hydrogens (tertiary/aromatic N) is 8. The van der Waals surface area contributed by atoms with Crippen molar-refractivity contribution in [2.24, 2.45) is 16.8 Å². The number of pyridine rings is 1. The van der Waals surface area contributed by atoms with Crippen LogP contribution >= 0.6 is 0 Å². The Labute approximate surface area is 203 Å². The fraction of sp³-hybridized carbons (Fsp3) is 0.542. The van der Waals surface area contributed by atoms with Gasteiger partial charge in [0.1, 0.15) is 0 Å². The first-order valence-corrected chi connectivity index (χ1v) is 12.3. The lowest BCUT2D eigenvalue weighted by molar-refractivity contribution is 0.0636. The van der Waals surface area contributed by atoms with Crippen molar-refractivity contribution in [3.8, 4) is 6.01 Å². The average molecular weight is 476 g/mol. The van der Waals surface area contributed by atoms with Gasteiger partial charge in [-0.2, -0.15) is 20.1 Å². The molecule has 0 radical (unpaired) electrons. The molecule has 0 bridgehead atoms. The molecule has 2 atom stereocenters. The van der Waals surface area contributed by atoms with Crippen molar-refractivity contribution in [3.63, 3.8) is 0 Å². The van der Waals surface area contributed by atoms with Crippen molar-refractivity contribution in [1.29, 1.82) is 0 Å². The van der Waals surface area contributed by atoms with Crippen LogP contribution in [0.15, 0.2) is 23.3 Å². The number of rotatable bonds is 8. The van der Waals surface area contributed by atoms with E-state index in [0.717, 1.165) is 75.1 Å². The van der Waals surface area contributed by atoms with Crippen LogP contribution < -0.4 is 9.64 Å². The van der Waals surface area contributed by atoms with Gasteiger partial charge in [0.05, 0.1) is 6.61 Å². The van der Waals surface area contributed by atoms with Gasteiger partial charge in [-0.05, 0) is 56.4 Å². The molecule has 3 aromatic rings. The number of aromatic amines is 1. The highest BCUT2D eigenvalue weighted by Crippen LogP contribution is 2.39. The highest BCUT2D eigenvalue weighted by Gasteiger charge is 2.37. The average Bonchev–Trinajstić information content (AvgIpc) is 3.46. The second kappa shape index (κ2) is 9.20. The van der Waals surface area contributed by atoms with E-state index in [9.17, 15) is 4.79 Å². The number of hydrogen-bond acceptors (Lipinski definition) is 9. The van der Waals surface area contributed by atoms with E-state index in [2.05, 4.69) is 52.8 Å². The maximum atomic E-state index is 12.9. The van der Waals surface area contributed by atoms with Gasteiger partial charge in [-0.3, -0.25) is 9.89 Å². The number of ether oxygens (including phenoxy) is 1. The molecular formula is C24H29N9O2. The summed E-state index contributed by atoms with van der Waals surface area (Å²) in [6, 6.07) is 4.23. The van der Waals surface area contributed by atoms with E-state index in [1.807, 2.05) is 6.07 Å². The molecule has 2 saturated heterocycles. The molecule has 5 heterocycles. The number of aromatic nitrogens is 6. The maximum absolute atomic E-state index is 12.9. The van der Waals surface area contributed by atoms with Gasteiger partial charge in [-0.15, -0.1) is 0 Å². The van der Waals surface area contributed by atoms with Crippen molar-refractivity contribution in [2.45, 2.75) is 31.6 Å². The molecule has 2 aliphatic heterocycles. The summed E-state index contributed by atoms with van der Waals surface area (Å²) in [4.78, 5) is 38.6. The highest BCUT2D eigenvalue weighted by molar-refractivity contribution is 5.91. The lowest BCUT2D eigenvalue weighted by Crippen LogP contribution is -2.43. The van der Waals surface area contributed by atoms with Gasteiger partial charge in [-0.1, -0.05) is 0 Å². The van der Waals surface area contributed by atoms with Crippen LogP contribution in [-0.2, 0) is 0 Å². The third-order valence-corrected chi connectivity index (χ3v) is 7.34. The zero-order valence-corrected chi connectivity index (χ0v) is 19.6. The van der Waals surface area contributed by atoms with E-state index in [0.29, 0.717) is 30.3 Å². The number of fused-ring (bicyclic) bond motifs is 1. The smallest absolute Gasteiger partial charge is 0.321 e. The van der Waals surface area contributed by atoms with Gasteiger partial charge in [0, 0.05) is 55.9 Å². The summed E-state index contributed by atoms with van der Waals surface area (Å²) in [6.07, 6.45) is 5.68. The van der Waals surface area contributed by atoms with Gasteiger partial charge in [0.25, 0.3) is 5.91 Å². The van der Waals surface area contributed by atoms with Crippen molar-refractivity contribution in [3.05, 3.63) is 29.8 Å². The molecule has 11 nitrogen and oxygen atoms in total. The van der Waals surface area contributed by atoms with Crippen LogP contribution in [0.3, 0.4) is 0 Å². The van der Waals surface area contributed by atoms with E-state index < -0.39 is 0 Å². The van der Waals surface area contributed by atoms with E-state index in [1.54, 1.807) is 11.1 Å². The number of piperidine rings is 1. The number of hydrogen-bond donors (Lipinski definition) is 1.